The number of carbonyl (C=O) groups excluding carboxylic acids is 11. The molecular formula is C59H101N15O14. The summed E-state index contributed by atoms with van der Waals surface area (Å²) in [5, 5.41) is 61.2. The summed E-state index contributed by atoms with van der Waals surface area (Å²) in [5.74, 6) is -13.0. The summed E-state index contributed by atoms with van der Waals surface area (Å²) in [6.45, 7) is 21.4. The number of carbonyl (C=O) groups is 11. The molecule has 1 aliphatic rings. The van der Waals surface area contributed by atoms with Crippen LogP contribution in [0.3, 0.4) is 0 Å². The van der Waals surface area contributed by atoms with Crippen LogP contribution in [0.15, 0.2) is 35.3 Å². The third kappa shape index (κ3) is 26.1. The van der Waals surface area contributed by atoms with Crippen molar-refractivity contribution in [2.75, 3.05) is 19.7 Å². The molecule has 1 heterocycles. The van der Waals surface area contributed by atoms with Crippen molar-refractivity contribution < 1.29 is 68.1 Å². The fourth-order valence-corrected chi connectivity index (χ4v) is 9.35. The van der Waals surface area contributed by atoms with Crippen molar-refractivity contribution in [2.45, 2.75) is 214 Å². The monoisotopic (exact) mass is 1240 g/mol. The van der Waals surface area contributed by atoms with Crippen LogP contribution in [0.2, 0.25) is 0 Å². The zero-order valence-corrected chi connectivity index (χ0v) is 53.5. The van der Waals surface area contributed by atoms with Gasteiger partial charge in [0.1, 0.15) is 54.4 Å². The van der Waals surface area contributed by atoms with Crippen molar-refractivity contribution >= 4 is 70.9 Å². The van der Waals surface area contributed by atoms with Gasteiger partial charge in [-0.05, 0) is 80.1 Å². The van der Waals surface area contributed by atoms with E-state index >= 15 is 4.79 Å². The number of nitrogens with one attached hydrogen (secondary N) is 11. The first-order valence-electron chi connectivity index (χ1n) is 29.9. The third-order valence-electron chi connectivity index (χ3n) is 14.4. The maximum atomic E-state index is 15.4. The Kier molecular flexibility index (Phi) is 30.9. The Morgan fingerprint density at radius 1 is 0.659 bits per heavy atom. The van der Waals surface area contributed by atoms with E-state index in [-0.39, 0.29) is 62.5 Å². The molecule has 1 aromatic rings. The predicted octanol–water partition coefficient (Wildman–Crippen LogP) is -2.91. The van der Waals surface area contributed by atoms with Gasteiger partial charge in [0.25, 0.3) is 0 Å². The maximum absolute atomic E-state index is 15.4. The van der Waals surface area contributed by atoms with E-state index in [1.54, 1.807) is 54.5 Å². The van der Waals surface area contributed by atoms with Gasteiger partial charge in [0.2, 0.25) is 65.0 Å². The van der Waals surface area contributed by atoms with Crippen LogP contribution in [0.25, 0.3) is 0 Å². The normalized spacial score (nSPS) is 25.0. The molecule has 1 saturated heterocycles. The molecule has 0 spiro atoms. The van der Waals surface area contributed by atoms with Crippen LogP contribution in [0, 0.1) is 28.6 Å². The molecule has 1 aliphatic heterocycles. The minimum absolute atomic E-state index is 0.0109. The first-order chi connectivity index (χ1) is 40.8. The summed E-state index contributed by atoms with van der Waals surface area (Å²) in [6, 6.07) is -9.84. The van der Waals surface area contributed by atoms with Gasteiger partial charge >= 0.3 is 0 Å². The van der Waals surface area contributed by atoms with Crippen molar-refractivity contribution in [3.8, 4) is 0 Å². The van der Waals surface area contributed by atoms with Crippen LogP contribution < -0.4 is 75.7 Å². The van der Waals surface area contributed by atoms with E-state index in [0.717, 1.165) is 0 Å². The van der Waals surface area contributed by atoms with Gasteiger partial charge in [-0.1, -0.05) is 120 Å². The Morgan fingerprint density at radius 3 is 1.73 bits per heavy atom. The van der Waals surface area contributed by atoms with E-state index < -0.39 is 179 Å². The Hall–Kier alpha value is -7.50. The second kappa shape index (κ2) is 35.5. The molecule has 0 aromatic heterocycles. The van der Waals surface area contributed by atoms with E-state index in [2.05, 4.69) is 63.5 Å². The molecule has 29 heteroatoms. The standard InChI is InChI=1S/C59H101N15O14/c1-15-31(6)41-54(86)71-42(33(8)76)53(85)64-27-40(77)65-32(7)47(79)69-39(28-75)52(84)72-43(34-20-17-16-18-21-34)44(73-51(83)38(26-59(12,13)14)68-48(80)35(60)25-58(9,10)11)55(87)74-45(46(78)30(4)5)56(88)67-37(24-29(2)3)50(82)66-36(49(81)70-41)22-19-23-63-57(61)62/h16-18,20-21,29-33,35-39,41-46,75-76,78H,15,19,22-28,60H2,1-14H3,(H,64,85)(H,65,77)(H,66,82)(H,67,88)(H,68,80)(H,69,79)(H,70,81)(H,71,86)(H,72,84)(H,73,83)(H,74,87)(H4,61,62,63)/t31-,32?,33-,35+,36+,37-,38-,39-,41-,42-,43+,44-,45-,46+/m0/s1. The molecule has 1 fully saturated rings. The summed E-state index contributed by atoms with van der Waals surface area (Å²) in [6.07, 6.45) is -3.00. The van der Waals surface area contributed by atoms with Crippen molar-refractivity contribution in [2.24, 2.45) is 50.8 Å². The van der Waals surface area contributed by atoms with E-state index in [1.165, 1.54) is 52.0 Å². The van der Waals surface area contributed by atoms with Crippen LogP contribution in [-0.2, 0) is 52.7 Å². The molecule has 2 rings (SSSR count). The van der Waals surface area contributed by atoms with Crippen LogP contribution in [-0.4, -0.2) is 179 Å². The average molecular weight is 1240 g/mol. The van der Waals surface area contributed by atoms with Gasteiger partial charge in [0.05, 0.1) is 37.4 Å². The quantitative estimate of drug-likeness (QED) is 0.0375. The number of nitrogens with zero attached hydrogens (tertiary/aromatic N) is 1. The van der Waals surface area contributed by atoms with E-state index in [1.807, 2.05) is 20.8 Å². The molecule has 0 bridgehead atoms. The highest BCUT2D eigenvalue weighted by Crippen LogP contribution is 2.25. The Bertz CT molecular complexity index is 2570. The van der Waals surface area contributed by atoms with Crippen LogP contribution in [0.5, 0.6) is 0 Å². The predicted molar refractivity (Wildman–Crippen MR) is 328 cm³/mol. The molecule has 496 valence electrons. The molecular weight excluding hydrogens is 1140 g/mol. The number of hydrogen-bond donors (Lipinski definition) is 17. The number of aliphatic hydroxyl groups excluding tert-OH is 3. The number of benzene rings is 1. The van der Waals surface area contributed by atoms with Crippen molar-refractivity contribution in [1.82, 2.24) is 58.5 Å². The molecule has 14 atom stereocenters. The van der Waals surface area contributed by atoms with Gasteiger partial charge in [0, 0.05) is 6.54 Å². The Morgan fingerprint density at radius 2 is 1.19 bits per heavy atom. The number of hydrogen-bond acceptors (Lipinski definition) is 16. The fraction of sp³-hybridized carbons (Fsp3) is 0.695. The number of amides is 11. The summed E-state index contributed by atoms with van der Waals surface area (Å²) in [5.41, 5.74) is 16.5. The first kappa shape index (κ1) is 76.6. The largest absolute Gasteiger partial charge is 0.394 e. The number of guanidine groups is 1. The van der Waals surface area contributed by atoms with Gasteiger partial charge in [-0.25, -0.2) is 0 Å². The summed E-state index contributed by atoms with van der Waals surface area (Å²) in [7, 11) is 0. The molecule has 20 N–H and O–H groups in total. The highest BCUT2D eigenvalue weighted by atomic mass is 16.3. The van der Waals surface area contributed by atoms with Crippen molar-refractivity contribution in [3.05, 3.63) is 35.9 Å². The molecule has 0 radical (unpaired) electrons. The lowest BCUT2D eigenvalue weighted by molar-refractivity contribution is -0.139. The van der Waals surface area contributed by atoms with Crippen molar-refractivity contribution in [3.63, 3.8) is 0 Å². The van der Waals surface area contributed by atoms with Crippen LogP contribution in [0.1, 0.15) is 147 Å². The van der Waals surface area contributed by atoms with Gasteiger partial charge in [-0.2, -0.15) is 0 Å². The lowest BCUT2D eigenvalue weighted by Crippen LogP contribution is -2.65. The number of aliphatic hydroxyl groups is 3. The number of aliphatic imine (C=N–C) groups is 1. The van der Waals surface area contributed by atoms with E-state index in [4.69, 9.17) is 17.2 Å². The minimum Gasteiger partial charge on any atom is -0.394 e. The zero-order chi connectivity index (χ0) is 67.1. The molecule has 29 nitrogen and oxygen atoms in total. The van der Waals surface area contributed by atoms with Crippen LogP contribution >= 0.6 is 0 Å². The molecule has 0 saturated carbocycles. The smallest absolute Gasteiger partial charge is 0.245 e. The summed E-state index contributed by atoms with van der Waals surface area (Å²) >= 11 is 0. The second-order valence-electron chi connectivity index (χ2n) is 25.9. The zero-order valence-electron chi connectivity index (χ0n) is 53.5. The molecule has 11 amide bonds. The molecule has 88 heavy (non-hydrogen) atoms. The third-order valence-corrected chi connectivity index (χ3v) is 14.4. The highest BCUT2D eigenvalue weighted by Gasteiger charge is 2.42. The van der Waals surface area contributed by atoms with Gasteiger partial charge in [-0.15, -0.1) is 0 Å². The molecule has 1 aromatic carbocycles. The Labute approximate surface area is 516 Å². The lowest BCUT2D eigenvalue weighted by Gasteiger charge is -2.35. The average Bonchev–Trinajstić information content (AvgIpc) is 1.96. The Balaban J connectivity index is 3.07. The number of rotatable bonds is 19. The van der Waals surface area contributed by atoms with Gasteiger partial charge in [-0.3, -0.25) is 57.7 Å². The summed E-state index contributed by atoms with van der Waals surface area (Å²) in [4.78, 5) is 161. The first-order valence-corrected chi connectivity index (χ1v) is 29.9. The minimum atomic E-state index is -1.99. The van der Waals surface area contributed by atoms with Gasteiger partial charge < -0.3 is 91.0 Å². The summed E-state index contributed by atoms with van der Waals surface area (Å²) < 4.78 is 0. The van der Waals surface area contributed by atoms with Crippen molar-refractivity contribution in [1.29, 1.82) is 0 Å². The molecule has 0 aliphatic carbocycles. The van der Waals surface area contributed by atoms with Gasteiger partial charge in [0.15, 0.2) is 5.96 Å². The fourth-order valence-electron chi connectivity index (χ4n) is 9.35. The topological polar surface area (TPSA) is 471 Å². The number of nitrogens with two attached hydrogens (primary N) is 3. The molecule has 1 unspecified atom stereocenters. The van der Waals surface area contributed by atoms with E-state index in [9.17, 15) is 63.3 Å². The van der Waals surface area contributed by atoms with Crippen LogP contribution in [0.4, 0.5) is 0 Å². The lowest BCUT2D eigenvalue weighted by atomic mass is 9.86. The highest BCUT2D eigenvalue weighted by molar-refractivity contribution is 5.99. The SMILES string of the molecule is CC[C@H](C)[C@@H]1NC(=O)[C@@H](CCCN=C(N)N)NC(=O)[C@H](CC(C)C)NC(=O)[C@H]([C@H](O)C(C)C)NC(=O)[C@@H](NC(=O)[C@H](CC(C)(C)C)NC(=O)[C@H](N)CC(C)(C)C)[C@@H](c2ccccc2)NC(=O)[C@H](CO)NC(=O)C(C)NC(=O)CNC(=O)[C@H]([C@H](C)O)NC1=O. The van der Waals surface area contributed by atoms with E-state index in [0.29, 0.717) is 0 Å². The maximum Gasteiger partial charge on any atom is 0.245 e. The second-order valence-corrected chi connectivity index (χ2v) is 25.9.